The first-order valence-electron chi connectivity index (χ1n) is 10.1. The molecule has 1 unspecified atom stereocenters. The molecule has 2 aliphatic heterocycles. The molecule has 2 saturated heterocycles. The van der Waals surface area contributed by atoms with Gasteiger partial charge in [0.2, 0.25) is 0 Å². The third-order valence-electron chi connectivity index (χ3n) is 5.72. The van der Waals surface area contributed by atoms with Crippen molar-refractivity contribution in [2.45, 2.75) is 38.8 Å². The number of carbonyl (C=O) groups is 1. The van der Waals surface area contributed by atoms with Crippen LogP contribution in [0.1, 0.15) is 30.5 Å². The maximum Gasteiger partial charge on any atom is 0.317 e. The van der Waals surface area contributed by atoms with E-state index in [-0.39, 0.29) is 6.03 Å². The normalized spacial score (nSPS) is 21.5. The van der Waals surface area contributed by atoms with Gasteiger partial charge >= 0.3 is 6.03 Å². The van der Waals surface area contributed by atoms with Gasteiger partial charge in [0.15, 0.2) is 0 Å². The van der Waals surface area contributed by atoms with Crippen LogP contribution in [0.4, 0.5) is 4.79 Å². The van der Waals surface area contributed by atoms with Crippen molar-refractivity contribution in [2.24, 2.45) is 0 Å². The van der Waals surface area contributed by atoms with Gasteiger partial charge in [-0.1, -0.05) is 6.07 Å². The number of piperidine rings is 1. The second kappa shape index (κ2) is 8.31. The lowest BCUT2D eigenvalue weighted by Crippen LogP contribution is -2.53. The van der Waals surface area contributed by atoms with Gasteiger partial charge in [0.25, 0.3) is 0 Å². The molecule has 2 aliphatic rings. The Morgan fingerprint density at radius 2 is 2.07 bits per heavy atom. The maximum absolute atomic E-state index is 12.9. The number of hydrogen-bond donors (Lipinski definition) is 2. The molecule has 3 heterocycles. The van der Waals surface area contributed by atoms with Crippen LogP contribution in [-0.4, -0.2) is 66.2 Å². The van der Waals surface area contributed by atoms with Crippen molar-refractivity contribution in [1.29, 1.82) is 0 Å². The van der Waals surface area contributed by atoms with Crippen molar-refractivity contribution in [3.8, 4) is 0 Å². The molecule has 6 nitrogen and oxygen atoms in total. The Morgan fingerprint density at radius 3 is 2.93 bits per heavy atom. The number of aryl methyl sites for hydroxylation is 1. The number of nitrogens with zero attached hydrogens (tertiary/aromatic N) is 2. The first-order chi connectivity index (χ1) is 13.2. The van der Waals surface area contributed by atoms with Crippen molar-refractivity contribution < 1.29 is 9.53 Å². The Morgan fingerprint density at radius 1 is 1.22 bits per heavy atom. The predicted octanol–water partition coefficient (Wildman–Crippen LogP) is 2.87. The summed E-state index contributed by atoms with van der Waals surface area (Å²) < 4.78 is 5.45. The number of ether oxygens (including phenoxy) is 1. The number of morpholine rings is 1. The first-order valence-corrected chi connectivity index (χ1v) is 10.1. The van der Waals surface area contributed by atoms with Gasteiger partial charge in [0.1, 0.15) is 0 Å². The minimum atomic E-state index is 0.0679. The van der Waals surface area contributed by atoms with E-state index in [9.17, 15) is 4.79 Å². The largest absolute Gasteiger partial charge is 0.379 e. The van der Waals surface area contributed by atoms with E-state index in [1.54, 1.807) is 0 Å². The molecule has 2 N–H and O–H groups in total. The topological polar surface area (TPSA) is 60.6 Å². The van der Waals surface area contributed by atoms with Crippen molar-refractivity contribution >= 4 is 16.9 Å². The summed E-state index contributed by atoms with van der Waals surface area (Å²) in [7, 11) is 0. The van der Waals surface area contributed by atoms with Gasteiger partial charge in [-0.3, -0.25) is 4.90 Å². The zero-order chi connectivity index (χ0) is 18.6. The van der Waals surface area contributed by atoms with Crippen molar-refractivity contribution in [3.05, 3.63) is 35.5 Å². The highest BCUT2D eigenvalue weighted by Gasteiger charge is 2.28. The number of fused-ring (bicyclic) bond motifs is 1. The molecular weight excluding hydrogens is 340 g/mol. The van der Waals surface area contributed by atoms with E-state index >= 15 is 0 Å². The average molecular weight is 370 g/mol. The molecule has 2 aromatic rings. The molecule has 1 aromatic heterocycles. The Balaban J connectivity index is 1.35. The summed E-state index contributed by atoms with van der Waals surface area (Å²) >= 11 is 0. The van der Waals surface area contributed by atoms with Crippen LogP contribution in [0.25, 0.3) is 10.9 Å². The lowest BCUT2D eigenvalue weighted by Gasteiger charge is -2.39. The van der Waals surface area contributed by atoms with E-state index in [0.29, 0.717) is 12.6 Å². The highest BCUT2D eigenvalue weighted by atomic mass is 16.5. The van der Waals surface area contributed by atoms with Gasteiger partial charge < -0.3 is 19.9 Å². The zero-order valence-corrected chi connectivity index (χ0v) is 16.2. The van der Waals surface area contributed by atoms with Gasteiger partial charge in [-0.25, -0.2) is 4.79 Å². The zero-order valence-electron chi connectivity index (χ0n) is 16.2. The summed E-state index contributed by atoms with van der Waals surface area (Å²) in [5.74, 6) is 0. The van der Waals surface area contributed by atoms with Gasteiger partial charge in [0.05, 0.1) is 13.2 Å². The molecule has 146 valence electrons. The molecule has 0 radical (unpaired) electrons. The van der Waals surface area contributed by atoms with Crippen LogP contribution in [0, 0.1) is 6.92 Å². The number of H-pyrrole nitrogens is 1. The van der Waals surface area contributed by atoms with Crippen molar-refractivity contribution in [3.63, 3.8) is 0 Å². The van der Waals surface area contributed by atoms with E-state index in [1.807, 2.05) is 0 Å². The number of benzene rings is 1. The van der Waals surface area contributed by atoms with Gasteiger partial charge in [0, 0.05) is 50.0 Å². The second-order valence-corrected chi connectivity index (χ2v) is 7.79. The number of likely N-dealkylation sites (tertiary alicyclic amines) is 1. The molecule has 0 bridgehead atoms. The van der Waals surface area contributed by atoms with Crippen LogP contribution in [-0.2, 0) is 11.3 Å². The molecule has 2 amide bonds. The third-order valence-corrected chi connectivity index (χ3v) is 5.72. The van der Waals surface area contributed by atoms with Crippen LogP contribution in [0.3, 0.4) is 0 Å². The second-order valence-electron chi connectivity index (χ2n) is 7.79. The van der Waals surface area contributed by atoms with Crippen LogP contribution in [0.2, 0.25) is 0 Å². The fraction of sp³-hybridized carbons (Fsp3) is 0.571. The van der Waals surface area contributed by atoms with Crippen LogP contribution in [0.5, 0.6) is 0 Å². The molecule has 1 atom stereocenters. The molecule has 1 aromatic carbocycles. The number of nitrogens with one attached hydrogen (secondary N) is 2. The smallest absolute Gasteiger partial charge is 0.317 e. The number of rotatable bonds is 4. The Bertz CT molecular complexity index is 782. The van der Waals surface area contributed by atoms with E-state index in [0.717, 1.165) is 69.0 Å². The SMILES string of the molecule is Cc1cc2cc(CNC(=O)N3CCCCC3CN3CCOCC3)ccc2[nH]1. The Labute approximate surface area is 160 Å². The van der Waals surface area contributed by atoms with Crippen LogP contribution in [0.15, 0.2) is 24.3 Å². The number of aromatic amines is 1. The minimum absolute atomic E-state index is 0.0679. The summed E-state index contributed by atoms with van der Waals surface area (Å²) in [6.45, 7) is 8.01. The monoisotopic (exact) mass is 370 g/mol. The molecule has 0 spiro atoms. The summed E-state index contributed by atoms with van der Waals surface area (Å²) in [5, 5.41) is 4.34. The number of aromatic nitrogens is 1. The fourth-order valence-corrected chi connectivity index (χ4v) is 4.26. The first kappa shape index (κ1) is 18.3. The van der Waals surface area contributed by atoms with Crippen molar-refractivity contribution in [2.75, 3.05) is 39.4 Å². The van der Waals surface area contributed by atoms with Gasteiger partial charge in [-0.2, -0.15) is 0 Å². The molecule has 0 aliphatic carbocycles. The lowest BCUT2D eigenvalue weighted by atomic mass is 10.0. The maximum atomic E-state index is 12.9. The van der Waals surface area contributed by atoms with Crippen LogP contribution >= 0.6 is 0 Å². The standard InChI is InChI=1S/C21H30N4O2/c1-16-12-18-13-17(5-6-20(18)23-16)14-22-21(26)25-7-3-2-4-19(25)15-24-8-10-27-11-9-24/h5-6,12-13,19,23H,2-4,7-11,14-15H2,1H3,(H,22,26). The summed E-state index contributed by atoms with van der Waals surface area (Å²) in [5.41, 5.74) is 3.44. The predicted molar refractivity (Wildman–Crippen MR) is 107 cm³/mol. The van der Waals surface area contributed by atoms with Crippen molar-refractivity contribution in [1.82, 2.24) is 20.1 Å². The fourth-order valence-electron chi connectivity index (χ4n) is 4.26. The summed E-state index contributed by atoms with van der Waals surface area (Å²) in [4.78, 5) is 20.7. The number of urea groups is 1. The summed E-state index contributed by atoms with van der Waals surface area (Å²) in [6.07, 6.45) is 3.41. The molecule has 27 heavy (non-hydrogen) atoms. The molecule has 0 saturated carbocycles. The molecule has 2 fully saturated rings. The Kier molecular flexibility index (Phi) is 5.64. The number of carbonyl (C=O) groups excluding carboxylic acids is 1. The highest BCUT2D eigenvalue weighted by Crippen LogP contribution is 2.20. The van der Waals surface area contributed by atoms with E-state index in [1.165, 1.54) is 11.8 Å². The van der Waals surface area contributed by atoms with Crippen LogP contribution < -0.4 is 5.32 Å². The molecule has 6 heteroatoms. The van der Waals surface area contributed by atoms with Gasteiger partial charge in [-0.05, 0) is 55.3 Å². The number of hydrogen-bond acceptors (Lipinski definition) is 3. The number of amides is 2. The molecular formula is C21H30N4O2. The highest BCUT2D eigenvalue weighted by molar-refractivity contribution is 5.81. The van der Waals surface area contributed by atoms with E-state index in [4.69, 9.17) is 4.74 Å². The van der Waals surface area contributed by atoms with E-state index in [2.05, 4.69) is 51.3 Å². The Hall–Kier alpha value is -2.05. The third kappa shape index (κ3) is 4.45. The summed E-state index contributed by atoms with van der Waals surface area (Å²) in [6, 6.07) is 8.85. The van der Waals surface area contributed by atoms with E-state index < -0.39 is 0 Å². The molecule has 4 rings (SSSR count). The van der Waals surface area contributed by atoms with Gasteiger partial charge in [-0.15, -0.1) is 0 Å². The quantitative estimate of drug-likeness (QED) is 0.870. The minimum Gasteiger partial charge on any atom is -0.379 e. The lowest BCUT2D eigenvalue weighted by molar-refractivity contribution is 0.0221. The average Bonchev–Trinajstić information content (AvgIpc) is 3.06.